The van der Waals surface area contributed by atoms with Gasteiger partial charge in [0.05, 0.1) is 12.3 Å². The lowest BCUT2D eigenvalue weighted by molar-refractivity contribution is -0.140. The van der Waals surface area contributed by atoms with Gasteiger partial charge in [0.2, 0.25) is 11.8 Å². The van der Waals surface area contributed by atoms with Crippen LogP contribution in [0.3, 0.4) is 0 Å². The Morgan fingerprint density at radius 2 is 1.78 bits per heavy atom. The van der Waals surface area contributed by atoms with Crippen LogP contribution in [0.15, 0.2) is 54.6 Å². The van der Waals surface area contributed by atoms with Crippen LogP contribution in [0.2, 0.25) is 0 Å². The largest absolute Gasteiger partial charge is 0.340 e. The fourth-order valence-electron chi connectivity index (χ4n) is 4.17. The number of halogens is 1. The minimum absolute atomic E-state index is 0.0353. The lowest BCUT2D eigenvalue weighted by atomic mass is 9.93. The molecule has 2 aromatic rings. The topological polar surface area (TPSA) is 40.6 Å². The average Bonchev–Trinajstić information content (AvgIpc) is 2.95. The zero-order valence-electron chi connectivity index (χ0n) is 15.2. The Kier molecular flexibility index (Phi) is 4.92. The Balaban J connectivity index is 1.48. The Bertz CT molecular complexity index is 839. The van der Waals surface area contributed by atoms with Crippen LogP contribution in [-0.2, 0) is 22.6 Å². The van der Waals surface area contributed by atoms with Gasteiger partial charge < -0.3 is 9.80 Å². The molecular formula is C22H23FN2O2. The molecule has 0 aliphatic carbocycles. The van der Waals surface area contributed by atoms with Gasteiger partial charge in [0.1, 0.15) is 5.82 Å². The smallest absolute Gasteiger partial charge is 0.228 e. The van der Waals surface area contributed by atoms with E-state index in [1.165, 1.54) is 12.1 Å². The summed E-state index contributed by atoms with van der Waals surface area (Å²) in [5.41, 5.74) is 1.78. The summed E-state index contributed by atoms with van der Waals surface area (Å²) in [6.07, 6.45) is 1.93. The van der Waals surface area contributed by atoms with Crippen molar-refractivity contribution in [2.45, 2.75) is 31.8 Å². The summed E-state index contributed by atoms with van der Waals surface area (Å²) in [4.78, 5) is 29.5. The summed E-state index contributed by atoms with van der Waals surface area (Å²) in [5.74, 6) is -0.354. The van der Waals surface area contributed by atoms with Crippen molar-refractivity contribution in [1.29, 1.82) is 0 Å². The number of carbonyl (C=O) groups is 2. The molecule has 3 aliphatic heterocycles. The number of fused-ring (bicyclic) bond motifs is 4. The van der Waals surface area contributed by atoms with Crippen LogP contribution in [0.4, 0.5) is 4.39 Å². The van der Waals surface area contributed by atoms with Crippen LogP contribution in [0.25, 0.3) is 0 Å². The highest BCUT2D eigenvalue weighted by Gasteiger charge is 2.41. The highest BCUT2D eigenvalue weighted by Crippen LogP contribution is 2.30. The highest BCUT2D eigenvalue weighted by atomic mass is 19.1. The van der Waals surface area contributed by atoms with E-state index in [4.69, 9.17) is 0 Å². The molecule has 5 rings (SSSR count). The zero-order chi connectivity index (χ0) is 18.8. The molecule has 0 unspecified atom stereocenters. The van der Waals surface area contributed by atoms with E-state index in [-0.39, 0.29) is 36.0 Å². The standard InChI is InChI=1S/C22H23FN2O2/c23-19-8-4-7-17(11-19)12-21(26)24-14-18-9-10-20(15-24)25(22(18)27)13-16-5-2-1-3-6-16/h1-8,11,18,20H,9-10,12-15H2/t18-,20+/m0/s1. The van der Waals surface area contributed by atoms with Crippen molar-refractivity contribution in [1.82, 2.24) is 9.80 Å². The minimum atomic E-state index is -0.333. The van der Waals surface area contributed by atoms with Crippen molar-refractivity contribution in [2.75, 3.05) is 13.1 Å². The number of hydrogen-bond donors (Lipinski definition) is 0. The molecule has 0 N–H and O–H groups in total. The maximum absolute atomic E-state index is 13.4. The first kappa shape index (κ1) is 17.7. The van der Waals surface area contributed by atoms with Crippen LogP contribution in [0, 0.1) is 11.7 Å². The van der Waals surface area contributed by atoms with E-state index in [0.29, 0.717) is 25.2 Å². The molecule has 3 fully saturated rings. The monoisotopic (exact) mass is 366 g/mol. The minimum Gasteiger partial charge on any atom is -0.340 e. The molecular weight excluding hydrogens is 343 g/mol. The number of carbonyl (C=O) groups excluding carboxylic acids is 2. The maximum Gasteiger partial charge on any atom is 0.228 e. The van der Waals surface area contributed by atoms with E-state index in [1.54, 1.807) is 17.0 Å². The van der Waals surface area contributed by atoms with Crippen LogP contribution < -0.4 is 0 Å². The predicted octanol–water partition coefficient (Wildman–Crippen LogP) is 3.02. The first-order valence-corrected chi connectivity index (χ1v) is 9.47. The first-order valence-electron chi connectivity index (χ1n) is 9.47. The van der Waals surface area contributed by atoms with Gasteiger partial charge in [0.15, 0.2) is 0 Å². The average molecular weight is 366 g/mol. The van der Waals surface area contributed by atoms with Gasteiger partial charge in [-0.05, 0) is 36.1 Å². The van der Waals surface area contributed by atoms with E-state index >= 15 is 0 Å². The summed E-state index contributed by atoms with van der Waals surface area (Å²) in [5, 5.41) is 0. The lowest BCUT2D eigenvalue weighted by Gasteiger charge is -2.36. The van der Waals surface area contributed by atoms with Crippen LogP contribution in [0.1, 0.15) is 24.0 Å². The quantitative estimate of drug-likeness (QED) is 0.835. The second kappa shape index (κ2) is 7.51. The van der Waals surface area contributed by atoms with E-state index in [1.807, 2.05) is 35.2 Å². The number of nitrogens with zero attached hydrogens (tertiary/aromatic N) is 2. The molecule has 5 heteroatoms. The van der Waals surface area contributed by atoms with E-state index in [2.05, 4.69) is 0 Å². The molecule has 2 aromatic carbocycles. The molecule has 0 spiro atoms. The first-order chi connectivity index (χ1) is 13.1. The van der Waals surface area contributed by atoms with Crippen LogP contribution >= 0.6 is 0 Å². The lowest BCUT2D eigenvalue weighted by Crippen LogP contribution is -2.47. The van der Waals surface area contributed by atoms with Gasteiger partial charge in [-0.15, -0.1) is 0 Å². The molecule has 2 atom stereocenters. The molecule has 0 saturated carbocycles. The number of amides is 2. The van der Waals surface area contributed by atoms with Gasteiger partial charge in [0, 0.05) is 25.7 Å². The SMILES string of the molecule is O=C(Cc1cccc(F)c1)N1C[C@@H]2CC[C@H](C1)N(Cc1ccccc1)C2=O. The Morgan fingerprint density at radius 3 is 2.56 bits per heavy atom. The summed E-state index contributed by atoms with van der Waals surface area (Å²) in [6.45, 7) is 1.62. The molecule has 140 valence electrons. The molecule has 0 aromatic heterocycles. The molecule has 0 radical (unpaired) electrons. The van der Waals surface area contributed by atoms with Crippen molar-refractivity contribution < 1.29 is 14.0 Å². The van der Waals surface area contributed by atoms with Crippen molar-refractivity contribution in [3.05, 3.63) is 71.5 Å². The highest BCUT2D eigenvalue weighted by molar-refractivity contribution is 5.84. The number of benzene rings is 2. The van der Waals surface area contributed by atoms with Gasteiger partial charge in [-0.25, -0.2) is 4.39 Å². The van der Waals surface area contributed by atoms with Gasteiger partial charge in [-0.2, -0.15) is 0 Å². The van der Waals surface area contributed by atoms with Crippen LogP contribution in [0.5, 0.6) is 0 Å². The van der Waals surface area contributed by atoms with Gasteiger partial charge in [-0.3, -0.25) is 9.59 Å². The predicted molar refractivity (Wildman–Crippen MR) is 100 cm³/mol. The molecule has 2 bridgehead atoms. The second-order valence-electron chi connectivity index (χ2n) is 7.49. The summed E-state index contributed by atoms with van der Waals surface area (Å²) >= 11 is 0. The third-order valence-corrected chi connectivity index (χ3v) is 5.59. The van der Waals surface area contributed by atoms with Gasteiger partial charge >= 0.3 is 0 Å². The van der Waals surface area contributed by atoms with Gasteiger partial charge in [-0.1, -0.05) is 42.5 Å². The number of piperidine rings is 1. The fourth-order valence-corrected chi connectivity index (χ4v) is 4.17. The van der Waals surface area contributed by atoms with E-state index in [9.17, 15) is 14.0 Å². The summed E-state index contributed by atoms with van der Waals surface area (Å²) < 4.78 is 13.4. The molecule has 3 saturated heterocycles. The second-order valence-corrected chi connectivity index (χ2v) is 7.49. The normalized spacial score (nSPS) is 22.0. The number of rotatable bonds is 4. The number of hydrogen-bond acceptors (Lipinski definition) is 2. The third kappa shape index (κ3) is 3.87. The fraction of sp³-hybridized carbons (Fsp3) is 0.364. The van der Waals surface area contributed by atoms with Crippen molar-refractivity contribution >= 4 is 11.8 Å². The van der Waals surface area contributed by atoms with E-state index < -0.39 is 0 Å². The van der Waals surface area contributed by atoms with Crippen LogP contribution in [-0.4, -0.2) is 40.7 Å². The summed E-state index contributed by atoms with van der Waals surface area (Å²) in [7, 11) is 0. The van der Waals surface area contributed by atoms with Crippen molar-refractivity contribution in [3.8, 4) is 0 Å². The van der Waals surface area contributed by atoms with Crippen molar-refractivity contribution in [3.63, 3.8) is 0 Å². The molecule has 27 heavy (non-hydrogen) atoms. The molecule has 3 heterocycles. The Hall–Kier alpha value is -2.69. The Labute approximate surface area is 158 Å². The van der Waals surface area contributed by atoms with Gasteiger partial charge in [0.25, 0.3) is 0 Å². The Morgan fingerprint density at radius 1 is 1.00 bits per heavy atom. The maximum atomic E-state index is 13.4. The summed E-state index contributed by atoms with van der Waals surface area (Å²) in [6, 6.07) is 16.2. The third-order valence-electron chi connectivity index (χ3n) is 5.59. The van der Waals surface area contributed by atoms with Crippen molar-refractivity contribution in [2.24, 2.45) is 5.92 Å². The molecule has 2 amide bonds. The van der Waals surface area contributed by atoms with E-state index in [0.717, 1.165) is 18.4 Å². The molecule has 3 aliphatic rings. The zero-order valence-corrected chi connectivity index (χ0v) is 15.2. The molecule has 4 nitrogen and oxygen atoms in total.